The van der Waals surface area contributed by atoms with Gasteiger partial charge < -0.3 is 10.5 Å². The van der Waals surface area contributed by atoms with Crippen molar-refractivity contribution in [2.75, 3.05) is 5.73 Å². The van der Waals surface area contributed by atoms with Crippen LogP contribution in [0.4, 0.5) is 10.5 Å². The Morgan fingerprint density at radius 2 is 2.15 bits per heavy atom. The van der Waals surface area contributed by atoms with Crippen molar-refractivity contribution in [2.24, 2.45) is 0 Å². The molecule has 0 bridgehead atoms. The molecular weight excluding hydrogens is 168 g/mol. The first-order chi connectivity index (χ1) is 5.88. The third-order valence-corrected chi connectivity index (χ3v) is 1.32. The second-order valence-electron chi connectivity index (χ2n) is 3.83. The smallest absolute Gasteiger partial charge is 0.418 e. The summed E-state index contributed by atoms with van der Waals surface area (Å²) in [6.45, 7) is 5.45. The number of rotatable bonds is 0. The Hall–Kier alpha value is -1.45. The van der Waals surface area contributed by atoms with Crippen molar-refractivity contribution < 1.29 is 9.53 Å². The van der Waals surface area contributed by atoms with Crippen LogP contribution >= 0.6 is 0 Å². The Kier molecular flexibility index (Phi) is 2.32. The summed E-state index contributed by atoms with van der Waals surface area (Å²) in [5, 5.41) is 0. The maximum Gasteiger partial charge on any atom is 0.418 e. The number of nitrogen functional groups attached to an aromatic ring is 1. The molecule has 0 saturated heterocycles. The van der Waals surface area contributed by atoms with Crippen LogP contribution in [0.2, 0.25) is 0 Å². The minimum atomic E-state index is -0.476. The van der Waals surface area contributed by atoms with E-state index in [4.69, 9.17) is 10.5 Å². The highest BCUT2D eigenvalue weighted by molar-refractivity contribution is 5.72. The second kappa shape index (κ2) is 3.12. The zero-order valence-electron chi connectivity index (χ0n) is 8.07. The van der Waals surface area contributed by atoms with E-state index in [2.05, 4.69) is 0 Å². The molecule has 0 amide bonds. The number of nitrogens with two attached hydrogens (primary N) is 1. The van der Waals surface area contributed by atoms with Crippen LogP contribution in [0.25, 0.3) is 0 Å². The van der Waals surface area contributed by atoms with Crippen LogP contribution in [-0.2, 0) is 4.74 Å². The molecule has 1 aromatic heterocycles. The predicted molar refractivity (Wildman–Crippen MR) is 50.5 cm³/mol. The third kappa shape index (κ3) is 2.82. The van der Waals surface area contributed by atoms with Gasteiger partial charge in [0, 0.05) is 18.1 Å². The van der Waals surface area contributed by atoms with E-state index < -0.39 is 11.7 Å². The van der Waals surface area contributed by atoms with Crippen LogP contribution in [0.3, 0.4) is 0 Å². The van der Waals surface area contributed by atoms with Crippen LogP contribution in [0.1, 0.15) is 20.8 Å². The molecule has 0 radical (unpaired) electrons. The lowest BCUT2D eigenvalue weighted by molar-refractivity contribution is 0.0537. The van der Waals surface area contributed by atoms with Crippen molar-refractivity contribution in [3.05, 3.63) is 18.5 Å². The molecule has 0 unspecified atom stereocenters. The molecule has 4 heteroatoms. The normalized spacial score (nSPS) is 11.3. The molecule has 0 spiro atoms. The van der Waals surface area contributed by atoms with Gasteiger partial charge in [0.05, 0.1) is 0 Å². The Bertz CT molecular complexity index is 310. The average molecular weight is 182 g/mol. The molecule has 0 aliphatic carbocycles. The van der Waals surface area contributed by atoms with E-state index >= 15 is 0 Å². The van der Waals surface area contributed by atoms with Gasteiger partial charge in [0.25, 0.3) is 0 Å². The average Bonchev–Trinajstić information content (AvgIpc) is 2.31. The van der Waals surface area contributed by atoms with Crippen LogP contribution < -0.4 is 5.73 Å². The third-order valence-electron chi connectivity index (χ3n) is 1.32. The van der Waals surface area contributed by atoms with E-state index in [0.29, 0.717) is 5.69 Å². The van der Waals surface area contributed by atoms with Gasteiger partial charge in [-0.25, -0.2) is 4.79 Å². The molecule has 0 saturated carbocycles. The molecular formula is C9H14N2O2. The lowest BCUT2D eigenvalue weighted by Crippen LogP contribution is -2.26. The zero-order valence-corrected chi connectivity index (χ0v) is 8.07. The van der Waals surface area contributed by atoms with E-state index in [-0.39, 0.29) is 0 Å². The van der Waals surface area contributed by atoms with E-state index in [1.165, 1.54) is 10.8 Å². The molecule has 13 heavy (non-hydrogen) atoms. The van der Waals surface area contributed by atoms with Crippen molar-refractivity contribution in [1.29, 1.82) is 0 Å². The summed E-state index contributed by atoms with van der Waals surface area (Å²) in [7, 11) is 0. The zero-order chi connectivity index (χ0) is 10.1. The molecule has 72 valence electrons. The summed E-state index contributed by atoms with van der Waals surface area (Å²) in [4.78, 5) is 11.4. The first kappa shape index (κ1) is 9.64. The van der Waals surface area contributed by atoms with Gasteiger partial charge in [-0.3, -0.25) is 4.57 Å². The molecule has 2 N–H and O–H groups in total. The summed E-state index contributed by atoms with van der Waals surface area (Å²) in [5.41, 5.74) is 5.52. The fraction of sp³-hybridized carbons (Fsp3) is 0.444. The van der Waals surface area contributed by atoms with Crippen LogP contribution in [0, 0.1) is 0 Å². The van der Waals surface area contributed by atoms with Gasteiger partial charge in [0.1, 0.15) is 5.60 Å². The molecule has 0 fully saturated rings. The van der Waals surface area contributed by atoms with Gasteiger partial charge in [0.15, 0.2) is 0 Å². The molecule has 0 atom stereocenters. The van der Waals surface area contributed by atoms with Crippen molar-refractivity contribution in [3.63, 3.8) is 0 Å². The summed E-state index contributed by atoms with van der Waals surface area (Å²) in [6.07, 6.45) is 2.68. The van der Waals surface area contributed by atoms with Crippen molar-refractivity contribution in [1.82, 2.24) is 4.57 Å². The topological polar surface area (TPSA) is 57.2 Å². The number of nitrogens with zero attached hydrogens (tertiary/aromatic N) is 1. The standard InChI is InChI=1S/C9H14N2O2/c1-9(2,3)13-8(12)11-5-4-7(10)6-11/h4-6H,10H2,1-3H3. The Morgan fingerprint density at radius 1 is 1.54 bits per heavy atom. The van der Waals surface area contributed by atoms with E-state index in [1.807, 2.05) is 20.8 Å². The first-order valence-corrected chi connectivity index (χ1v) is 4.05. The highest BCUT2D eigenvalue weighted by atomic mass is 16.6. The van der Waals surface area contributed by atoms with Crippen LogP contribution in [0.15, 0.2) is 18.5 Å². The summed E-state index contributed by atoms with van der Waals surface area (Å²) < 4.78 is 6.43. The molecule has 0 aliphatic rings. The Balaban J connectivity index is 2.70. The highest BCUT2D eigenvalue weighted by Crippen LogP contribution is 2.10. The number of hydrogen-bond donors (Lipinski definition) is 1. The largest absolute Gasteiger partial charge is 0.443 e. The van der Waals surface area contributed by atoms with Crippen molar-refractivity contribution >= 4 is 11.8 Å². The number of anilines is 1. The number of hydrogen-bond acceptors (Lipinski definition) is 3. The highest BCUT2D eigenvalue weighted by Gasteiger charge is 2.17. The number of carbonyl (C=O) groups excluding carboxylic acids is 1. The molecule has 1 rings (SSSR count). The minimum Gasteiger partial charge on any atom is -0.443 e. The van der Waals surface area contributed by atoms with Gasteiger partial charge >= 0.3 is 6.09 Å². The predicted octanol–water partition coefficient (Wildman–Crippen LogP) is 1.85. The number of ether oxygens (including phenoxy) is 1. The second-order valence-corrected chi connectivity index (χ2v) is 3.83. The molecule has 1 aromatic rings. The van der Waals surface area contributed by atoms with Crippen molar-refractivity contribution in [2.45, 2.75) is 26.4 Å². The fourth-order valence-corrected chi connectivity index (χ4v) is 0.841. The quantitative estimate of drug-likeness (QED) is 0.666. The SMILES string of the molecule is CC(C)(C)OC(=O)n1ccc(N)c1. The van der Waals surface area contributed by atoms with Gasteiger partial charge in [-0.15, -0.1) is 0 Å². The summed E-state index contributed by atoms with van der Waals surface area (Å²) in [5.74, 6) is 0. The monoisotopic (exact) mass is 182 g/mol. The number of carbonyl (C=O) groups is 1. The summed E-state index contributed by atoms with van der Waals surface area (Å²) >= 11 is 0. The first-order valence-electron chi connectivity index (χ1n) is 4.05. The van der Waals surface area contributed by atoms with E-state index in [9.17, 15) is 4.79 Å². The minimum absolute atomic E-state index is 0.413. The van der Waals surface area contributed by atoms with Crippen LogP contribution in [0.5, 0.6) is 0 Å². The molecule has 4 nitrogen and oxygen atoms in total. The fourth-order valence-electron chi connectivity index (χ4n) is 0.841. The van der Waals surface area contributed by atoms with Gasteiger partial charge in [-0.2, -0.15) is 0 Å². The van der Waals surface area contributed by atoms with E-state index in [0.717, 1.165) is 0 Å². The maximum absolute atomic E-state index is 11.4. The van der Waals surface area contributed by atoms with Crippen LogP contribution in [-0.4, -0.2) is 16.3 Å². The van der Waals surface area contributed by atoms with Gasteiger partial charge in [-0.05, 0) is 26.8 Å². The molecule has 0 aliphatic heterocycles. The van der Waals surface area contributed by atoms with Gasteiger partial charge in [-0.1, -0.05) is 0 Å². The van der Waals surface area contributed by atoms with E-state index in [1.54, 1.807) is 12.3 Å². The molecule has 1 heterocycles. The van der Waals surface area contributed by atoms with Gasteiger partial charge in [0.2, 0.25) is 0 Å². The number of aromatic nitrogens is 1. The lowest BCUT2D eigenvalue weighted by Gasteiger charge is -2.19. The van der Waals surface area contributed by atoms with Crippen molar-refractivity contribution in [3.8, 4) is 0 Å². The summed E-state index contributed by atoms with van der Waals surface area (Å²) in [6, 6.07) is 1.64. The lowest BCUT2D eigenvalue weighted by atomic mass is 10.2. The maximum atomic E-state index is 11.4. The Morgan fingerprint density at radius 3 is 2.54 bits per heavy atom. The Labute approximate surface area is 77.3 Å². The molecule has 0 aromatic carbocycles.